The molecular weight excluding hydrogens is 419 g/mol. The first-order valence-electron chi connectivity index (χ1n) is 8.56. The van der Waals surface area contributed by atoms with Crippen molar-refractivity contribution in [2.24, 2.45) is 10.9 Å². The zero-order chi connectivity index (χ0) is 18.4. The second-order valence-electron chi connectivity index (χ2n) is 7.97. The Bertz CT molecular complexity index is 872. The van der Waals surface area contributed by atoms with Gasteiger partial charge < -0.3 is 5.84 Å². The molecule has 0 aromatic heterocycles. The first-order chi connectivity index (χ1) is 11.7. The smallest absolute Gasteiger partial charge is 0.0974 e. The Kier molecular flexibility index (Phi) is 4.56. The summed E-state index contributed by atoms with van der Waals surface area (Å²) in [6.45, 7) is 11.2. The van der Waals surface area contributed by atoms with Crippen molar-refractivity contribution < 1.29 is 0 Å². The quantitative estimate of drug-likeness (QED) is 0.217. The standard InChI is InChI=1S/C22H25IN2/c1-14-12-18-19(22(4,5)11-10-21(18,2)3)13-17(14)20(25-24)15-6-8-16(23)9-7-15/h6-13H,24H2,1-5H3/b25-20+. The van der Waals surface area contributed by atoms with Crippen LogP contribution >= 0.6 is 22.6 Å². The maximum atomic E-state index is 5.81. The molecule has 2 aromatic carbocycles. The Morgan fingerprint density at radius 2 is 1.44 bits per heavy atom. The Balaban J connectivity index is 2.21. The molecule has 0 amide bonds. The molecule has 2 N–H and O–H groups in total. The van der Waals surface area contributed by atoms with Gasteiger partial charge in [-0.3, -0.25) is 0 Å². The summed E-state index contributed by atoms with van der Waals surface area (Å²) >= 11 is 2.31. The molecule has 0 atom stereocenters. The fourth-order valence-electron chi connectivity index (χ4n) is 3.53. The van der Waals surface area contributed by atoms with E-state index in [0.29, 0.717) is 0 Å². The van der Waals surface area contributed by atoms with Gasteiger partial charge in [-0.2, -0.15) is 5.10 Å². The summed E-state index contributed by atoms with van der Waals surface area (Å²) < 4.78 is 1.20. The van der Waals surface area contributed by atoms with Crippen molar-refractivity contribution in [3.8, 4) is 0 Å². The maximum absolute atomic E-state index is 5.81. The van der Waals surface area contributed by atoms with E-state index < -0.39 is 0 Å². The van der Waals surface area contributed by atoms with Crippen LogP contribution in [0.3, 0.4) is 0 Å². The molecule has 0 spiro atoms. The van der Waals surface area contributed by atoms with Gasteiger partial charge in [0.25, 0.3) is 0 Å². The lowest BCUT2D eigenvalue weighted by Crippen LogP contribution is -2.30. The van der Waals surface area contributed by atoms with Crippen molar-refractivity contribution in [2.75, 3.05) is 0 Å². The van der Waals surface area contributed by atoms with Crippen LogP contribution in [0.1, 0.15) is 55.5 Å². The number of halogens is 1. The van der Waals surface area contributed by atoms with E-state index in [4.69, 9.17) is 5.84 Å². The summed E-state index contributed by atoms with van der Waals surface area (Å²) in [7, 11) is 0. The van der Waals surface area contributed by atoms with Crippen molar-refractivity contribution in [3.63, 3.8) is 0 Å². The highest BCUT2D eigenvalue weighted by atomic mass is 127. The van der Waals surface area contributed by atoms with Crippen molar-refractivity contribution in [2.45, 2.75) is 45.4 Å². The highest BCUT2D eigenvalue weighted by Crippen LogP contribution is 2.42. The van der Waals surface area contributed by atoms with E-state index in [2.05, 4.69) is 111 Å². The van der Waals surface area contributed by atoms with E-state index in [-0.39, 0.29) is 10.8 Å². The molecule has 1 aliphatic rings. The van der Waals surface area contributed by atoms with Gasteiger partial charge in [-0.05, 0) is 64.4 Å². The topological polar surface area (TPSA) is 38.4 Å². The number of benzene rings is 2. The fourth-order valence-corrected chi connectivity index (χ4v) is 3.89. The minimum atomic E-state index is -0.000914. The summed E-state index contributed by atoms with van der Waals surface area (Å²) in [6.07, 6.45) is 4.64. The number of nitrogens with two attached hydrogens (primary N) is 1. The van der Waals surface area contributed by atoms with E-state index in [9.17, 15) is 0 Å². The third-order valence-corrected chi connectivity index (χ3v) is 5.89. The lowest BCUT2D eigenvalue weighted by molar-refractivity contribution is 0.562. The molecule has 0 heterocycles. The number of hydrogen-bond acceptors (Lipinski definition) is 2. The molecule has 25 heavy (non-hydrogen) atoms. The molecule has 3 rings (SSSR count). The van der Waals surface area contributed by atoms with Gasteiger partial charge >= 0.3 is 0 Å². The van der Waals surface area contributed by atoms with Crippen molar-refractivity contribution >= 4 is 28.3 Å². The minimum Gasteiger partial charge on any atom is -0.323 e. The largest absolute Gasteiger partial charge is 0.323 e. The third-order valence-electron chi connectivity index (χ3n) is 5.17. The van der Waals surface area contributed by atoms with Gasteiger partial charge in [0.1, 0.15) is 0 Å². The lowest BCUT2D eigenvalue weighted by atomic mass is 9.67. The van der Waals surface area contributed by atoms with Gasteiger partial charge in [0.05, 0.1) is 5.71 Å². The Labute approximate surface area is 164 Å². The Morgan fingerprint density at radius 1 is 0.920 bits per heavy atom. The minimum absolute atomic E-state index is 0.000914. The molecule has 0 fully saturated rings. The second-order valence-corrected chi connectivity index (χ2v) is 9.22. The van der Waals surface area contributed by atoms with Crippen LogP contribution in [0, 0.1) is 10.5 Å². The average Bonchev–Trinajstić information content (AvgIpc) is 2.55. The Morgan fingerprint density at radius 3 is 1.96 bits per heavy atom. The van der Waals surface area contributed by atoms with E-state index in [1.807, 2.05) is 0 Å². The zero-order valence-electron chi connectivity index (χ0n) is 15.5. The van der Waals surface area contributed by atoms with Crippen molar-refractivity contribution in [1.29, 1.82) is 0 Å². The molecule has 3 heteroatoms. The molecular formula is C22H25IN2. The van der Waals surface area contributed by atoms with E-state index in [0.717, 1.165) is 16.8 Å². The second kappa shape index (κ2) is 6.27. The van der Waals surface area contributed by atoms with E-state index in [1.165, 1.54) is 20.3 Å². The monoisotopic (exact) mass is 444 g/mol. The average molecular weight is 444 g/mol. The first-order valence-corrected chi connectivity index (χ1v) is 9.64. The zero-order valence-corrected chi connectivity index (χ0v) is 17.7. The van der Waals surface area contributed by atoms with Crippen LogP contribution in [0.4, 0.5) is 0 Å². The van der Waals surface area contributed by atoms with Gasteiger partial charge in [-0.25, -0.2) is 0 Å². The summed E-state index contributed by atoms with van der Waals surface area (Å²) in [5.41, 5.74) is 7.00. The predicted octanol–water partition coefficient (Wildman–Crippen LogP) is 5.44. The lowest BCUT2D eigenvalue weighted by Gasteiger charge is -2.37. The number of rotatable bonds is 2. The van der Waals surface area contributed by atoms with Crippen LogP contribution in [0.2, 0.25) is 0 Å². The SMILES string of the molecule is Cc1cc2c(cc1/C(=N/N)c1ccc(I)cc1)C(C)(C)C=CC2(C)C. The summed E-state index contributed by atoms with van der Waals surface area (Å²) in [5.74, 6) is 5.81. The van der Waals surface area contributed by atoms with Gasteiger partial charge in [0.15, 0.2) is 0 Å². The normalized spacial score (nSPS) is 18.1. The van der Waals surface area contributed by atoms with E-state index in [1.54, 1.807) is 0 Å². The number of nitrogens with zero attached hydrogens (tertiary/aromatic N) is 1. The van der Waals surface area contributed by atoms with Gasteiger partial charge in [-0.1, -0.05) is 58.0 Å². The van der Waals surface area contributed by atoms with Gasteiger partial charge in [0.2, 0.25) is 0 Å². The number of hydrazone groups is 1. The Hall–Kier alpha value is -1.62. The molecule has 1 aliphatic carbocycles. The van der Waals surface area contributed by atoms with Gasteiger partial charge in [0, 0.05) is 25.5 Å². The molecule has 2 nitrogen and oxygen atoms in total. The van der Waals surface area contributed by atoms with Crippen molar-refractivity contribution in [3.05, 3.63) is 79.9 Å². The molecule has 0 aliphatic heterocycles. The summed E-state index contributed by atoms with van der Waals surface area (Å²) in [4.78, 5) is 0. The van der Waals surface area contributed by atoms with Crippen LogP contribution in [0.15, 0.2) is 53.7 Å². The number of hydrogen-bond donors (Lipinski definition) is 1. The fraction of sp³-hybridized carbons (Fsp3) is 0.318. The summed E-state index contributed by atoms with van der Waals surface area (Å²) in [5, 5.41) is 4.15. The van der Waals surface area contributed by atoms with Crippen LogP contribution < -0.4 is 5.84 Å². The molecule has 0 saturated heterocycles. The molecule has 0 unspecified atom stereocenters. The highest BCUT2D eigenvalue weighted by Gasteiger charge is 2.33. The number of allylic oxidation sites excluding steroid dienone is 2. The van der Waals surface area contributed by atoms with Crippen molar-refractivity contribution in [1.82, 2.24) is 0 Å². The first kappa shape index (κ1) is 18.2. The maximum Gasteiger partial charge on any atom is 0.0974 e. The van der Waals surface area contributed by atoms with Crippen LogP contribution in [-0.2, 0) is 10.8 Å². The van der Waals surface area contributed by atoms with Gasteiger partial charge in [-0.15, -0.1) is 0 Å². The van der Waals surface area contributed by atoms with Crippen LogP contribution in [-0.4, -0.2) is 5.71 Å². The third kappa shape index (κ3) is 3.26. The predicted molar refractivity (Wildman–Crippen MR) is 115 cm³/mol. The number of fused-ring (bicyclic) bond motifs is 1. The molecule has 0 saturated carbocycles. The van der Waals surface area contributed by atoms with Crippen LogP contribution in [0.5, 0.6) is 0 Å². The molecule has 130 valence electrons. The van der Waals surface area contributed by atoms with Crippen LogP contribution in [0.25, 0.3) is 0 Å². The van der Waals surface area contributed by atoms with E-state index >= 15 is 0 Å². The molecule has 0 radical (unpaired) electrons. The number of aryl methyl sites for hydroxylation is 1. The highest BCUT2D eigenvalue weighted by molar-refractivity contribution is 14.1. The summed E-state index contributed by atoms with van der Waals surface area (Å²) in [6, 6.07) is 12.9. The molecule has 0 bridgehead atoms. The molecule has 2 aromatic rings.